The van der Waals surface area contributed by atoms with Crippen LogP contribution in [0.1, 0.15) is 40.5 Å². The lowest BCUT2D eigenvalue weighted by atomic mass is 9.82. The first kappa shape index (κ1) is 16.9. The number of hydrogen-bond acceptors (Lipinski definition) is 5. The zero-order valence-corrected chi connectivity index (χ0v) is 11.9. The molecule has 0 saturated heterocycles. The molecule has 0 spiro atoms. The highest BCUT2D eigenvalue weighted by molar-refractivity contribution is 5.76. The Labute approximate surface area is 109 Å². The van der Waals surface area contributed by atoms with Crippen molar-refractivity contribution in [1.29, 1.82) is 0 Å². The summed E-state index contributed by atoms with van der Waals surface area (Å²) in [6, 6.07) is 0. The van der Waals surface area contributed by atoms with Crippen LogP contribution in [-0.2, 0) is 23.8 Å². The summed E-state index contributed by atoms with van der Waals surface area (Å²) in [7, 11) is 1.55. The van der Waals surface area contributed by atoms with E-state index in [0.717, 1.165) is 0 Å². The molecule has 5 heteroatoms. The Kier molecular flexibility index (Phi) is 7.59. The normalized spacial score (nSPS) is 15.6. The Balaban J connectivity index is 4.39. The number of hydrogen-bond donors (Lipinski definition) is 0. The number of carbonyl (C=O) groups is 2. The minimum atomic E-state index is -0.636. The first-order chi connectivity index (χ1) is 8.35. The smallest absolute Gasteiger partial charge is 0.311 e. The van der Waals surface area contributed by atoms with Crippen LogP contribution < -0.4 is 0 Å². The highest BCUT2D eigenvalue weighted by Crippen LogP contribution is 2.30. The zero-order valence-electron chi connectivity index (χ0n) is 11.9. The lowest BCUT2D eigenvalue weighted by molar-refractivity contribution is -0.161. The van der Waals surface area contributed by atoms with Crippen LogP contribution in [0.4, 0.5) is 0 Å². The molecule has 5 nitrogen and oxygen atoms in total. The molecule has 0 N–H and O–H groups in total. The molecule has 0 aliphatic carbocycles. The summed E-state index contributed by atoms with van der Waals surface area (Å²) >= 11 is 0. The minimum absolute atomic E-state index is 0.243. The van der Waals surface area contributed by atoms with Crippen molar-refractivity contribution in [1.82, 2.24) is 0 Å². The molecule has 0 fully saturated rings. The maximum Gasteiger partial charge on any atom is 0.311 e. The summed E-state index contributed by atoms with van der Waals surface area (Å²) in [6.45, 7) is 7.49. The first-order valence-corrected chi connectivity index (χ1v) is 6.19. The van der Waals surface area contributed by atoms with Crippen molar-refractivity contribution in [3.63, 3.8) is 0 Å². The maximum atomic E-state index is 12.0. The number of esters is 2. The number of carbonyl (C=O) groups excluding carboxylic acids is 2. The summed E-state index contributed by atoms with van der Waals surface area (Å²) in [5.41, 5.74) is -0.636. The van der Waals surface area contributed by atoms with Crippen LogP contribution in [0, 0.1) is 5.41 Å². The molecule has 0 aromatic carbocycles. The predicted molar refractivity (Wildman–Crippen MR) is 67.1 cm³/mol. The van der Waals surface area contributed by atoms with Gasteiger partial charge in [-0.15, -0.1) is 0 Å². The van der Waals surface area contributed by atoms with Crippen LogP contribution in [0.2, 0.25) is 0 Å². The third kappa shape index (κ3) is 6.00. The van der Waals surface area contributed by atoms with Gasteiger partial charge in [-0.05, 0) is 26.7 Å². The molecule has 0 aliphatic rings. The van der Waals surface area contributed by atoms with E-state index in [1.165, 1.54) is 6.92 Å². The van der Waals surface area contributed by atoms with Gasteiger partial charge in [-0.3, -0.25) is 9.59 Å². The van der Waals surface area contributed by atoms with Crippen LogP contribution in [0.25, 0.3) is 0 Å². The topological polar surface area (TPSA) is 61.8 Å². The average molecular weight is 260 g/mol. The Morgan fingerprint density at radius 2 is 1.89 bits per heavy atom. The van der Waals surface area contributed by atoms with Crippen molar-refractivity contribution in [2.45, 2.75) is 46.6 Å². The molecule has 0 aromatic rings. The fourth-order valence-corrected chi connectivity index (χ4v) is 1.72. The molecule has 2 unspecified atom stereocenters. The van der Waals surface area contributed by atoms with E-state index in [2.05, 4.69) is 0 Å². The molecule has 2 atom stereocenters. The Morgan fingerprint density at radius 1 is 1.28 bits per heavy atom. The predicted octanol–water partition coefficient (Wildman–Crippen LogP) is 1.93. The maximum absolute atomic E-state index is 12.0. The van der Waals surface area contributed by atoms with Gasteiger partial charge in [0.05, 0.1) is 12.0 Å². The number of rotatable bonds is 8. The second-order valence-electron chi connectivity index (χ2n) is 4.67. The quantitative estimate of drug-likeness (QED) is 0.493. The molecule has 18 heavy (non-hydrogen) atoms. The summed E-state index contributed by atoms with van der Waals surface area (Å²) in [6.07, 6.45) is 0.779. The van der Waals surface area contributed by atoms with Crippen molar-refractivity contribution in [3.05, 3.63) is 0 Å². The van der Waals surface area contributed by atoms with Crippen LogP contribution in [0.5, 0.6) is 0 Å². The lowest BCUT2D eigenvalue weighted by Crippen LogP contribution is -2.34. The van der Waals surface area contributed by atoms with Crippen molar-refractivity contribution in [3.8, 4) is 0 Å². The monoisotopic (exact) mass is 260 g/mol. The van der Waals surface area contributed by atoms with Crippen LogP contribution in [0.15, 0.2) is 0 Å². The third-order valence-electron chi connectivity index (χ3n) is 2.90. The molecule has 0 heterocycles. The van der Waals surface area contributed by atoms with Gasteiger partial charge < -0.3 is 14.2 Å². The largest absolute Gasteiger partial charge is 0.463 e. The van der Waals surface area contributed by atoms with Gasteiger partial charge in [-0.2, -0.15) is 0 Å². The molecule has 0 saturated carbocycles. The Bertz CT molecular complexity index is 277. The molecule has 0 aromatic heterocycles. The first-order valence-electron chi connectivity index (χ1n) is 6.19. The van der Waals surface area contributed by atoms with Crippen molar-refractivity contribution >= 4 is 11.9 Å². The molecule has 0 rings (SSSR count). The Hall–Kier alpha value is -1.10. The van der Waals surface area contributed by atoms with Gasteiger partial charge in [0.15, 0.2) is 0 Å². The van der Waals surface area contributed by atoms with Crippen molar-refractivity contribution in [2.75, 3.05) is 20.3 Å². The van der Waals surface area contributed by atoms with E-state index in [-0.39, 0.29) is 24.6 Å². The van der Waals surface area contributed by atoms with Gasteiger partial charge in [0.2, 0.25) is 0 Å². The van der Waals surface area contributed by atoms with Gasteiger partial charge >= 0.3 is 11.9 Å². The van der Waals surface area contributed by atoms with E-state index in [4.69, 9.17) is 14.2 Å². The number of methoxy groups -OCH3 is 1. The lowest BCUT2D eigenvalue weighted by Gasteiger charge is -2.28. The van der Waals surface area contributed by atoms with Crippen LogP contribution in [0.3, 0.4) is 0 Å². The second kappa shape index (κ2) is 8.08. The van der Waals surface area contributed by atoms with Crippen molar-refractivity contribution < 1.29 is 23.8 Å². The van der Waals surface area contributed by atoms with E-state index < -0.39 is 5.41 Å². The molecular formula is C13H24O5. The van der Waals surface area contributed by atoms with Gasteiger partial charge in [-0.1, -0.05) is 6.92 Å². The minimum Gasteiger partial charge on any atom is -0.463 e. The SMILES string of the molecule is CCC(C)(CC(C)OC(C)=O)C(=O)OCCOC. The molecular weight excluding hydrogens is 236 g/mol. The summed E-state index contributed by atoms with van der Waals surface area (Å²) < 4.78 is 15.0. The van der Waals surface area contributed by atoms with E-state index in [1.807, 2.05) is 13.8 Å². The van der Waals surface area contributed by atoms with Gasteiger partial charge in [0.1, 0.15) is 12.7 Å². The Morgan fingerprint density at radius 3 is 2.33 bits per heavy atom. The zero-order chi connectivity index (χ0) is 14.2. The van der Waals surface area contributed by atoms with Crippen LogP contribution >= 0.6 is 0 Å². The average Bonchev–Trinajstić information content (AvgIpc) is 2.27. The number of ether oxygens (including phenoxy) is 3. The third-order valence-corrected chi connectivity index (χ3v) is 2.90. The van der Waals surface area contributed by atoms with Crippen LogP contribution in [-0.4, -0.2) is 38.4 Å². The van der Waals surface area contributed by atoms with Gasteiger partial charge in [0, 0.05) is 14.0 Å². The van der Waals surface area contributed by atoms with E-state index in [9.17, 15) is 9.59 Å². The highest BCUT2D eigenvalue weighted by Gasteiger charge is 2.35. The van der Waals surface area contributed by atoms with E-state index >= 15 is 0 Å². The molecule has 106 valence electrons. The standard InChI is InChI=1S/C13H24O5/c1-6-13(4,9-10(2)18-11(3)14)12(15)17-8-7-16-5/h10H,6-9H2,1-5H3. The van der Waals surface area contributed by atoms with Gasteiger partial charge in [-0.25, -0.2) is 0 Å². The summed E-state index contributed by atoms with van der Waals surface area (Å²) in [5, 5.41) is 0. The fourth-order valence-electron chi connectivity index (χ4n) is 1.72. The molecule has 0 bridgehead atoms. The second-order valence-corrected chi connectivity index (χ2v) is 4.67. The van der Waals surface area contributed by atoms with Gasteiger partial charge in [0.25, 0.3) is 0 Å². The fraction of sp³-hybridized carbons (Fsp3) is 0.846. The van der Waals surface area contributed by atoms with E-state index in [0.29, 0.717) is 19.4 Å². The summed E-state index contributed by atoms with van der Waals surface area (Å²) in [5.74, 6) is -0.616. The van der Waals surface area contributed by atoms with E-state index in [1.54, 1.807) is 14.0 Å². The molecule has 0 radical (unpaired) electrons. The summed E-state index contributed by atoms with van der Waals surface area (Å²) in [4.78, 5) is 22.8. The highest BCUT2D eigenvalue weighted by atomic mass is 16.6. The van der Waals surface area contributed by atoms with Crippen molar-refractivity contribution in [2.24, 2.45) is 5.41 Å². The molecule has 0 amide bonds. The molecule has 0 aliphatic heterocycles.